The second-order valence-corrected chi connectivity index (χ2v) is 5.46. The van der Waals surface area contributed by atoms with Crippen LogP contribution in [-0.4, -0.2) is 25.7 Å². The highest BCUT2D eigenvalue weighted by Gasteiger charge is 2.28. The smallest absolute Gasteiger partial charge is 0.350 e. The zero-order valence-electron chi connectivity index (χ0n) is 12.1. The Morgan fingerprint density at radius 2 is 2.18 bits per heavy atom. The normalized spacial score (nSPS) is 14.1. The molecular formula is C14H16FN5O2. The maximum absolute atomic E-state index is 13.4. The molecule has 22 heavy (non-hydrogen) atoms. The van der Waals surface area contributed by atoms with Gasteiger partial charge in [-0.05, 0) is 47.4 Å². The van der Waals surface area contributed by atoms with Crippen LogP contribution in [0.3, 0.4) is 0 Å². The minimum atomic E-state index is -0.376. The number of halogens is 1. The van der Waals surface area contributed by atoms with Crippen LogP contribution in [-0.2, 0) is 17.9 Å². The van der Waals surface area contributed by atoms with Crippen LogP contribution in [0, 0.1) is 12.7 Å². The van der Waals surface area contributed by atoms with Gasteiger partial charge in [-0.15, -0.1) is 0 Å². The predicted octanol–water partition coefficient (Wildman–Crippen LogP) is 0.539. The van der Waals surface area contributed by atoms with Crippen molar-refractivity contribution in [1.82, 2.24) is 25.1 Å². The van der Waals surface area contributed by atoms with E-state index in [1.54, 1.807) is 19.1 Å². The highest BCUT2D eigenvalue weighted by atomic mass is 19.1. The van der Waals surface area contributed by atoms with Crippen molar-refractivity contribution in [2.75, 3.05) is 0 Å². The van der Waals surface area contributed by atoms with Crippen LogP contribution in [0.5, 0.6) is 0 Å². The van der Waals surface area contributed by atoms with Gasteiger partial charge in [0.1, 0.15) is 12.4 Å². The maximum Gasteiger partial charge on any atom is 0.364 e. The first-order chi connectivity index (χ1) is 10.5. The summed E-state index contributed by atoms with van der Waals surface area (Å²) >= 11 is 0. The van der Waals surface area contributed by atoms with E-state index in [1.807, 2.05) is 0 Å². The van der Waals surface area contributed by atoms with Crippen molar-refractivity contribution < 1.29 is 9.18 Å². The number of aromatic nitrogens is 4. The molecule has 2 aromatic rings. The summed E-state index contributed by atoms with van der Waals surface area (Å²) in [6, 6.07) is 4.90. The number of nitrogens with one attached hydrogen (secondary N) is 1. The number of amides is 1. The number of carbonyl (C=O) groups excluding carboxylic acids is 1. The standard InChI is InChI=1S/C14H16FN5O2/c1-9-2-3-10(6-12(9)15)7-16-13(21)8-19-14(22)20(18-17-19)11-4-5-11/h2-3,6,11H,4-5,7-8H2,1H3,(H,16,21). The number of benzene rings is 1. The molecule has 1 aromatic carbocycles. The molecule has 1 fully saturated rings. The van der Waals surface area contributed by atoms with Crippen LogP contribution in [0.4, 0.5) is 4.39 Å². The van der Waals surface area contributed by atoms with Crippen molar-refractivity contribution in [3.63, 3.8) is 0 Å². The summed E-state index contributed by atoms with van der Waals surface area (Å²) in [7, 11) is 0. The quantitative estimate of drug-likeness (QED) is 0.874. The average Bonchev–Trinajstić information content (AvgIpc) is 3.27. The largest absolute Gasteiger partial charge is 0.364 e. The fourth-order valence-electron chi connectivity index (χ4n) is 2.07. The molecule has 1 N–H and O–H groups in total. The van der Waals surface area contributed by atoms with Crippen LogP contribution in [0.15, 0.2) is 23.0 Å². The molecule has 1 saturated carbocycles. The highest BCUT2D eigenvalue weighted by molar-refractivity contribution is 5.75. The minimum absolute atomic E-state index is 0.125. The van der Waals surface area contributed by atoms with Gasteiger partial charge < -0.3 is 5.32 Å². The SMILES string of the molecule is Cc1ccc(CNC(=O)Cn2nnn(C3CC3)c2=O)cc1F. The topological polar surface area (TPSA) is 81.8 Å². The van der Waals surface area contributed by atoms with Gasteiger partial charge >= 0.3 is 5.69 Å². The van der Waals surface area contributed by atoms with Gasteiger partial charge in [-0.25, -0.2) is 9.18 Å². The zero-order valence-corrected chi connectivity index (χ0v) is 12.1. The van der Waals surface area contributed by atoms with Crippen molar-refractivity contribution in [1.29, 1.82) is 0 Å². The van der Waals surface area contributed by atoms with E-state index >= 15 is 0 Å². The molecular weight excluding hydrogens is 289 g/mol. The number of carbonyl (C=O) groups is 1. The fraction of sp³-hybridized carbons (Fsp3) is 0.429. The molecule has 0 spiro atoms. The number of nitrogens with zero attached hydrogens (tertiary/aromatic N) is 4. The van der Waals surface area contributed by atoms with Crippen molar-refractivity contribution in [2.45, 2.75) is 38.9 Å². The summed E-state index contributed by atoms with van der Waals surface area (Å²) in [4.78, 5) is 23.8. The van der Waals surface area contributed by atoms with Gasteiger partial charge in [0.25, 0.3) is 0 Å². The summed E-state index contributed by atoms with van der Waals surface area (Å²) in [6.45, 7) is 1.68. The molecule has 7 nitrogen and oxygen atoms in total. The molecule has 0 unspecified atom stereocenters. The Hall–Kier alpha value is -2.51. The van der Waals surface area contributed by atoms with Gasteiger partial charge in [0.15, 0.2) is 0 Å². The highest BCUT2D eigenvalue weighted by Crippen LogP contribution is 2.32. The number of tetrazole rings is 1. The molecule has 0 radical (unpaired) electrons. The molecule has 3 rings (SSSR count). The molecule has 1 heterocycles. The molecule has 0 bridgehead atoms. The summed E-state index contributed by atoms with van der Waals surface area (Å²) in [6.07, 6.45) is 1.84. The summed E-state index contributed by atoms with van der Waals surface area (Å²) in [5.74, 6) is -0.679. The lowest BCUT2D eigenvalue weighted by Crippen LogP contribution is -2.33. The lowest BCUT2D eigenvalue weighted by molar-refractivity contribution is -0.122. The predicted molar refractivity (Wildman–Crippen MR) is 75.5 cm³/mol. The molecule has 0 atom stereocenters. The monoisotopic (exact) mass is 305 g/mol. The van der Waals surface area contributed by atoms with Crippen LogP contribution < -0.4 is 11.0 Å². The molecule has 1 aromatic heterocycles. The maximum atomic E-state index is 13.4. The Morgan fingerprint density at radius 1 is 1.41 bits per heavy atom. The van der Waals surface area contributed by atoms with E-state index in [9.17, 15) is 14.0 Å². The Morgan fingerprint density at radius 3 is 2.86 bits per heavy atom. The third-order valence-electron chi connectivity index (χ3n) is 3.57. The molecule has 0 saturated heterocycles. The number of aryl methyl sites for hydroxylation is 1. The third kappa shape index (κ3) is 3.05. The first-order valence-electron chi connectivity index (χ1n) is 7.08. The van der Waals surface area contributed by atoms with Gasteiger partial charge in [-0.2, -0.15) is 9.36 Å². The number of hydrogen-bond acceptors (Lipinski definition) is 4. The van der Waals surface area contributed by atoms with Crippen molar-refractivity contribution in [2.24, 2.45) is 0 Å². The van der Waals surface area contributed by atoms with Crippen LogP contribution in [0.25, 0.3) is 0 Å². The van der Waals surface area contributed by atoms with E-state index in [4.69, 9.17) is 0 Å². The van der Waals surface area contributed by atoms with Gasteiger partial charge in [-0.1, -0.05) is 12.1 Å². The van der Waals surface area contributed by atoms with Crippen LogP contribution in [0.1, 0.15) is 30.0 Å². The molecule has 8 heteroatoms. The van der Waals surface area contributed by atoms with Gasteiger partial charge in [-0.3, -0.25) is 4.79 Å². The number of rotatable bonds is 5. The Balaban J connectivity index is 1.58. The van der Waals surface area contributed by atoms with Crippen LogP contribution in [0.2, 0.25) is 0 Å². The summed E-state index contributed by atoms with van der Waals surface area (Å²) < 4.78 is 15.7. The molecule has 1 amide bonds. The summed E-state index contributed by atoms with van der Waals surface area (Å²) in [5.41, 5.74) is 0.836. The fourth-order valence-corrected chi connectivity index (χ4v) is 2.07. The van der Waals surface area contributed by atoms with E-state index in [0.717, 1.165) is 17.5 Å². The second kappa shape index (κ2) is 5.70. The van der Waals surface area contributed by atoms with Crippen molar-refractivity contribution in [3.8, 4) is 0 Å². The Kier molecular flexibility index (Phi) is 3.74. The first-order valence-corrected chi connectivity index (χ1v) is 7.08. The number of hydrogen-bond donors (Lipinski definition) is 1. The van der Waals surface area contributed by atoms with E-state index in [-0.39, 0.29) is 36.5 Å². The van der Waals surface area contributed by atoms with E-state index in [2.05, 4.69) is 15.7 Å². The molecule has 0 aliphatic heterocycles. The Bertz CT molecular complexity index is 763. The summed E-state index contributed by atoms with van der Waals surface area (Å²) in [5, 5.41) is 10.1. The van der Waals surface area contributed by atoms with Gasteiger partial charge in [0.2, 0.25) is 5.91 Å². The second-order valence-electron chi connectivity index (χ2n) is 5.46. The van der Waals surface area contributed by atoms with Crippen LogP contribution >= 0.6 is 0 Å². The lowest BCUT2D eigenvalue weighted by Gasteiger charge is -2.06. The van der Waals surface area contributed by atoms with E-state index < -0.39 is 0 Å². The average molecular weight is 305 g/mol. The minimum Gasteiger partial charge on any atom is -0.350 e. The van der Waals surface area contributed by atoms with Crippen molar-refractivity contribution in [3.05, 3.63) is 45.6 Å². The molecule has 1 aliphatic carbocycles. The van der Waals surface area contributed by atoms with Gasteiger partial charge in [0, 0.05) is 6.54 Å². The van der Waals surface area contributed by atoms with E-state index in [0.29, 0.717) is 11.1 Å². The first kappa shape index (κ1) is 14.4. The van der Waals surface area contributed by atoms with Crippen molar-refractivity contribution >= 4 is 5.91 Å². The zero-order chi connectivity index (χ0) is 15.7. The molecule has 1 aliphatic rings. The third-order valence-corrected chi connectivity index (χ3v) is 3.57. The van der Waals surface area contributed by atoms with E-state index in [1.165, 1.54) is 10.7 Å². The lowest BCUT2D eigenvalue weighted by atomic mass is 10.1. The molecule has 116 valence electrons. The van der Waals surface area contributed by atoms with Gasteiger partial charge in [0.05, 0.1) is 6.04 Å². The Labute approximate surface area is 125 Å².